The van der Waals surface area contributed by atoms with E-state index in [-0.39, 0.29) is 18.1 Å². The van der Waals surface area contributed by atoms with Crippen LogP contribution < -0.4 is 15.2 Å². The van der Waals surface area contributed by atoms with Crippen molar-refractivity contribution >= 4 is 5.91 Å². The molecule has 1 aromatic rings. The van der Waals surface area contributed by atoms with Crippen molar-refractivity contribution in [1.82, 2.24) is 0 Å². The van der Waals surface area contributed by atoms with Gasteiger partial charge in [-0.2, -0.15) is 0 Å². The highest BCUT2D eigenvalue weighted by molar-refractivity contribution is 5.80. The third kappa shape index (κ3) is 1.32. The summed E-state index contributed by atoms with van der Waals surface area (Å²) < 4.78 is 10.4. The third-order valence-electron chi connectivity index (χ3n) is 1.92. The molecule has 0 aromatic heterocycles. The molecule has 1 aliphatic rings. The molecule has 1 amide bonds. The number of primary amides is 1. The molecular weight excluding hydrogens is 186 g/mol. The minimum Gasteiger partial charge on any atom is -0.504 e. The maximum Gasteiger partial charge on any atom is 0.262 e. The molecule has 1 heterocycles. The molecule has 0 radical (unpaired) electrons. The number of aromatic hydroxyl groups is 1. The number of carbonyl (C=O) groups excluding carboxylic acids is 1. The predicted octanol–water partition coefficient (Wildman–Crippen LogP) is 0.0173. The maximum absolute atomic E-state index is 10.8. The lowest BCUT2D eigenvalue weighted by Gasteiger charge is -2.24. The first-order valence-corrected chi connectivity index (χ1v) is 4.09. The summed E-state index contributed by atoms with van der Waals surface area (Å²) in [6.07, 6.45) is -0.788. The molecule has 5 nitrogen and oxygen atoms in total. The minimum atomic E-state index is -0.788. The summed E-state index contributed by atoms with van der Waals surface area (Å²) in [4.78, 5) is 10.8. The lowest BCUT2D eigenvalue weighted by Crippen LogP contribution is -2.40. The number of hydrogen-bond acceptors (Lipinski definition) is 4. The molecule has 0 saturated heterocycles. The molecule has 1 aromatic carbocycles. The van der Waals surface area contributed by atoms with Crippen molar-refractivity contribution in [2.75, 3.05) is 6.61 Å². The number of amides is 1. The summed E-state index contributed by atoms with van der Waals surface area (Å²) in [7, 11) is 0. The highest BCUT2D eigenvalue weighted by Crippen LogP contribution is 2.38. The molecule has 1 atom stereocenters. The van der Waals surface area contributed by atoms with Gasteiger partial charge in [0.2, 0.25) is 11.9 Å². The number of fused-ring (bicyclic) bond motifs is 1. The van der Waals surface area contributed by atoms with Crippen LogP contribution in [-0.4, -0.2) is 23.7 Å². The summed E-state index contributed by atoms with van der Waals surface area (Å²) in [5.74, 6) is -0.00513. The minimum absolute atomic E-state index is 0.00887. The van der Waals surface area contributed by atoms with Crippen molar-refractivity contribution in [3.8, 4) is 17.2 Å². The molecule has 0 aliphatic carbocycles. The third-order valence-corrected chi connectivity index (χ3v) is 1.92. The van der Waals surface area contributed by atoms with Gasteiger partial charge in [-0.05, 0) is 12.1 Å². The van der Waals surface area contributed by atoms with Crippen LogP contribution in [0.3, 0.4) is 0 Å². The average molecular weight is 195 g/mol. The SMILES string of the molecule is NC(=O)C1COc2c(O)cccc2O1. The number of rotatable bonds is 1. The van der Waals surface area contributed by atoms with Gasteiger partial charge in [-0.3, -0.25) is 4.79 Å². The fourth-order valence-electron chi connectivity index (χ4n) is 1.23. The molecule has 0 spiro atoms. The van der Waals surface area contributed by atoms with Gasteiger partial charge in [-0.15, -0.1) is 0 Å². The summed E-state index contributed by atoms with van der Waals surface area (Å²) in [6, 6.07) is 4.68. The van der Waals surface area contributed by atoms with E-state index < -0.39 is 12.0 Å². The van der Waals surface area contributed by atoms with Crippen LogP contribution in [0, 0.1) is 0 Å². The zero-order valence-corrected chi connectivity index (χ0v) is 7.27. The Morgan fingerprint density at radius 3 is 3.07 bits per heavy atom. The summed E-state index contributed by atoms with van der Waals surface area (Å²) in [5, 5.41) is 9.36. The molecule has 1 aliphatic heterocycles. The van der Waals surface area contributed by atoms with Gasteiger partial charge in [0, 0.05) is 0 Å². The first-order valence-electron chi connectivity index (χ1n) is 4.09. The Balaban J connectivity index is 2.31. The van der Waals surface area contributed by atoms with Crippen molar-refractivity contribution in [1.29, 1.82) is 0 Å². The van der Waals surface area contributed by atoms with Gasteiger partial charge in [0.05, 0.1) is 0 Å². The van der Waals surface area contributed by atoms with Crippen LogP contribution in [0.25, 0.3) is 0 Å². The summed E-state index contributed by atoms with van der Waals surface area (Å²) in [6.45, 7) is 0.0277. The summed E-state index contributed by atoms with van der Waals surface area (Å²) in [5.41, 5.74) is 5.06. The lowest BCUT2D eigenvalue weighted by atomic mass is 10.2. The van der Waals surface area contributed by atoms with Gasteiger partial charge in [-0.25, -0.2) is 0 Å². The maximum atomic E-state index is 10.8. The lowest BCUT2D eigenvalue weighted by molar-refractivity contribution is -0.127. The predicted molar refractivity (Wildman–Crippen MR) is 47.2 cm³/mol. The Labute approximate surface area is 80.0 Å². The molecule has 0 saturated carbocycles. The Morgan fingerprint density at radius 2 is 2.36 bits per heavy atom. The van der Waals surface area contributed by atoms with Crippen molar-refractivity contribution in [2.24, 2.45) is 5.73 Å². The fourth-order valence-corrected chi connectivity index (χ4v) is 1.23. The second-order valence-corrected chi connectivity index (χ2v) is 2.92. The van der Waals surface area contributed by atoms with Crippen molar-refractivity contribution < 1.29 is 19.4 Å². The molecule has 3 N–H and O–H groups in total. The van der Waals surface area contributed by atoms with Gasteiger partial charge in [0.1, 0.15) is 6.61 Å². The van der Waals surface area contributed by atoms with Crippen LogP contribution in [0.1, 0.15) is 0 Å². The normalized spacial score (nSPS) is 19.0. The smallest absolute Gasteiger partial charge is 0.262 e. The Bertz CT molecular complexity index is 377. The molecule has 0 bridgehead atoms. The molecule has 74 valence electrons. The van der Waals surface area contributed by atoms with Crippen LogP contribution >= 0.6 is 0 Å². The number of phenolic OH excluding ortho intramolecular Hbond substituents is 1. The number of hydrogen-bond donors (Lipinski definition) is 2. The Morgan fingerprint density at radius 1 is 1.57 bits per heavy atom. The van der Waals surface area contributed by atoms with Crippen molar-refractivity contribution in [3.05, 3.63) is 18.2 Å². The van der Waals surface area contributed by atoms with Crippen molar-refractivity contribution in [2.45, 2.75) is 6.10 Å². The number of carbonyl (C=O) groups is 1. The van der Waals surface area contributed by atoms with E-state index in [1.807, 2.05) is 0 Å². The first-order chi connectivity index (χ1) is 6.68. The average Bonchev–Trinajstić information content (AvgIpc) is 2.17. The quantitative estimate of drug-likeness (QED) is 0.661. The Hall–Kier alpha value is -1.91. The number of para-hydroxylation sites is 1. The number of phenols is 1. The largest absolute Gasteiger partial charge is 0.504 e. The van der Waals surface area contributed by atoms with E-state index >= 15 is 0 Å². The topological polar surface area (TPSA) is 81.8 Å². The van der Waals surface area contributed by atoms with Gasteiger partial charge in [0.15, 0.2) is 11.5 Å². The van der Waals surface area contributed by atoms with Gasteiger partial charge in [-0.1, -0.05) is 6.07 Å². The number of benzene rings is 1. The van der Waals surface area contributed by atoms with Gasteiger partial charge >= 0.3 is 0 Å². The second-order valence-electron chi connectivity index (χ2n) is 2.92. The highest BCUT2D eigenvalue weighted by Gasteiger charge is 2.26. The zero-order chi connectivity index (χ0) is 10.1. The number of ether oxygens (including phenoxy) is 2. The first kappa shape index (κ1) is 8.68. The molecular formula is C9H9NO4. The van der Waals surface area contributed by atoms with Crippen molar-refractivity contribution in [3.63, 3.8) is 0 Å². The zero-order valence-electron chi connectivity index (χ0n) is 7.27. The highest BCUT2D eigenvalue weighted by atomic mass is 16.6. The van der Waals surface area contributed by atoms with Crippen LogP contribution in [-0.2, 0) is 4.79 Å². The number of nitrogens with two attached hydrogens (primary N) is 1. The molecule has 1 unspecified atom stereocenters. The molecule has 14 heavy (non-hydrogen) atoms. The van der Waals surface area contributed by atoms with E-state index in [0.29, 0.717) is 5.75 Å². The Kier molecular flexibility index (Phi) is 1.92. The summed E-state index contributed by atoms with van der Waals surface area (Å²) >= 11 is 0. The van der Waals surface area contributed by atoms with E-state index in [1.165, 1.54) is 6.07 Å². The van der Waals surface area contributed by atoms with E-state index in [2.05, 4.69) is 0 Å². The van der Waals surface area contributed by atoms with E-state index in [9.17, 15) is 9.90 Å². The monoisotopic (exact) mass is 195 g/mol. The van der Waals surface area contributed by atoms with Crippen LogP contribution in [0.4, 0.5) is 0 Å². The van der Waals surface area contributed by atoms with E-state index in [1.54, 1.807) is 12.1 Å². The molecule has 0 fully saturated rings. The van der Waals surface area contributed by atoms with Crippen LogP contribution in [0.15, 0.2) is 18.2 Å². The van der Waals surface area contributed by atoms with E-state index in [0.717, 1.165) is 0 Å². The standard InChI is InChI=1S/C9H9NO4/c10-9(12)7-4-13-8-5(11)2-1-3-6(8)14-7/h1-3,7,11H,4H2,(H2,10,12). The molecule has 5 heteroatoms. The van der Waals surface area contributed by atoms with Crippen LogP contribution in [0.5, 0.6) is 17.2 Å². The van der Waals surface area contributed by atoms with Gasteiger partial charge < -0.3 is 20.3 Å². The molecule has 2 rings (SSSR count). The van der Waals surface area contributed by atoms with Crippen LogP contribution in [0.2, 0.25) is 0 Å². The fraction of sp³-hybridized carbons (Fsp3) is 0.222. The van der Waals surface area contributed by atoms with Gasteiger partial charge in [0.25, 0.3) is 5.91 Å². The van der Waals surface area contributed by atoms with E-state index in [4.69, 9.17) is 15.2 Å². The second kappa shape index (κ2) is 3.10.